The lowest BCUT2D eigenvalue weighted by molar-refractivity contribution is -0.140. The van der Waals surface area contributed by atoms with Gasteiger partial charge in [-0.05, 0) is 53.9 Å². The second-order valence-corrected chi connectivity index (χ2v) is 12.5. The van der Waals surface area contributed by atoms with E-state index in [4.69, 9.17) is 11.6 Å². The van der Waals surface area contributed by atoms with E-state index in [9.17, 15) is 18.0 Å². The fourth-order valence-electron chi connectivity index (χ4n) is 4.70. The summed E-state index contributed by atoms with van der Waals surface area (Å²) >= 11 is 6.03. The van der Waals surface area contributed by atoms with E-state index in [0.717, 1.165) is 28.3 Å². The first-order valence-electron chi connectivity index (χ1n) is 14.3. The van der Waals surface area contributed by atoms with Gasteiger partial charge in [-0.25, -0.2) is 8.42 Å². The van der Waals surface area contributed by atoms with Crippen LogP contribution in [-0.4, -0.2) is 44.3 Å². The third-order valence-corrected chi connectivity index (χ3v) is 9.06. The Balaban J connectivity index is 1.75. The summed E-state index contributed by atoms with van der Waals surface area (Å²) in [5.41, 5.74) is 2.04. The Hall–Kier alpha value is -4.14. The number of nitrogens with zero attached hydrogens (tertiary/aromatic N) is 2. The molecule has 0 spiro atoms. The number of carbonyl (C=O) groups excluding carboxylic acids is 2. The van der Waals surface area contributed by atoms with Crippen molar-refractivity contribution in [1.29, 1.82) is 0 Å². The van der Waals surface area contributed by atoms with Crippen molar-refractivity contribution in [2.45, 2.75) is 43.7 Å². The topological polar surface area (TPSA) is 86.8 Å². The van der Waals surface area contributed by atoms with Crippen LogP contribution >= 0.6 is 11.6 Å². The predicted octanol–water partition coefficient (Wildman–Crippen LogP) is 6.09. The van der Waals surface area contributed by atoms with Gasteiger partial charge in [-0.2, -0.15) is 0 Å². The van der Waals surface area contributed by atoms with Crippen molar-refractivity contribution in [1.82, 2.24) is 10.2 Å². The highest BCUT2D eigenvalue weighted by atomic mass is 35.5. The van der Waals surface area contributed by atoms with Gasteiger partial charge in [-0.3, -0.25) is 13.9 Å². The van der Waals surface area contributed by atoms with Crippen molar-refractivity contribution in [2.75, 3.05) is 17.4 Å². The second-order valence-electron chi connectivity index (χ2n) is 10.2. The Labute approximate surface area is 259 Å². The summed E-state index contributed by atoms with van der Waals surface area (Å²) < 4.78 is 29.0. The molecule has 1 N–H and O–H groups in total. The van der Waals surface area contributed by atoms with Crippen LogP contribution in [0.2, 0.25) is 5.02 Å². The molecule has 4 rings (SSSR count). The average Bonchev–Trinajstić information content (AvgIpc) is 3.03. The van der Waals surface area contributed by atoms with Gasteiger partial charge in [0.25, 0.3) is 10.0 Å². The van der Waals surface area contributed by atoms with Crippen LogP contribution in [0.15, 0.2) is 120 Å². The molecule has 0 bridgehead atoms. The van der Waals surface area contributed by atoms with Gasteiger partial charge in [0.15, 0.2) is 0 Å². The molecule has 0 fully saturated rings. The summed E-state index contributed by atoms with van der Waals surface area (Å²) in [6, 6.07) is 32.3. The smallest absolute Gasteiger partial charge is 0.264 e. The molecule has 0 aliphatic rings. The molecule has 0 saturated heterocycles. The standard InChI is InChI=1S/C34H36ClN3O4S/c1-2-3-23-36-34(40)32(24-27-13-7-4-8-14-27)37(25-28-15-9-5-10-16-28)33(39)26-38(30-17-11-6-12-18-30)43(41,42)31-21-19-29(35)20-22-31/h4-22,32H,2-3,23-26H2,1H3,(H,36,40). The molecule has 0 aromatic heterocycles. The van der Waals surface area contributed by atoms with Crippen molar-refractivity contribution in [3.8, 4) is 0 Å². The molecule has 0 aliphatic heterocycles. The van der Waals surface area contributed by atoms with Gasteiger partial charge in [-0.15, -0.1) is 0 Å². The first kappa shape index (κ1) is 31.8. The number of para-hydroxylation sites is 1. The number of anilines is 1. The van der Waals surface area contributed by atoms with Crippen LogP contribution in [0.4, 0.5) is 5.69 Å². The second kappa shape index (κ2) is 15.4. The number of unbranched alkanes of at least 4 members (excludes halogenated alkanes) is 1. The highest BCUT2D eigenvalue weighted by molar-refractivity contribution is 7.92. The van der Waals surface area contributed by atoms with Crippen LogP contribution < -0.4 is 9.62 Å². The van der Waals surface area contributed by atoms with E-state index >= 15 is 0 Å². The summed E-state index contributed by atoms with van der Waals surface area (Å²) in [6.07, 6.45) is 1.98. The number of benzene rings is 4. The normalized spacial score (nSPS) is 11.9. The Morgan fingerprint density at radius 2 is 1.35 bits per heavy atom. The molecule has 0 heterocycles. The minimum Gasteiger partial charge on any atom is -0.354 e. The number of nitrogens with one attached hydrogen (secondary N) is 1. The fourth-order valence-corrected chi connectivity index (χ4v) is 6.24. The molecular weight excluding hydrogens is 582 g/mol. The molecule has 9 heteroatoms. The van der Waals surface area contributed by atoms with Gasteiger partial charge in [0.05, 0.1) is 10.6 Å². The van der Waals surface area contributed by atoms with Crippen molar-refractivity contribution in [3.63, 3.8) is 0 Å². The van der Waals surface area contributed by atoms with Gasteiger partial charge in [0.1, 0.15) is 12.6 Å². The fraction of sp³-hybridized carbons (Fsp3) is 0.235. The number of carbonyl (C=O) groups is 2. The highest BCUT2D eigenvalue weighted by Gasteiger charge is 2.34. The lowest BCUT2D eigenvalue weighted by Gasteiger charge is -2.34. The van der Waals surface area contributed by atoms with Gasteiger partial charge in [-0.1, -0.05) is 104 Å². The minimum absolute atomic E-state index is 0.00121. The lowest BCUT2D eigenvalue weighted by atomic mass is 10.0. The molecule has 2 amide bonds. The summed E-state index contributed by atoms with van der Waals surface area (Å²) in [7, 11) is -4.17. The average molecular weight is 618 g/mol. The predicted molar refractivity (Wildman–Crippen MR) is 171 cm³/mol. The maximum atomic E-state index is 14.3. The van der Waals surface area contributed by atoms with Crippen molar-refractivity contribution < 1.29 is 18.0 Å². The van der Waals surface area contributed by atoms with E-state index in [1.807, 2.05) is 67.6 Å². The van der Waals surface area contributed by atoms with Gasteiger partial charge in [0.2, 0.25) is 11.8 Å². The zero-order valence-corrected chi connectivity index (χ0v) is 25.7. The van der Waals surface area contributed by atoms with E-state index in [1.165, 1.54) is 29.2 Å². The molecule has 4 aromatic carbocycles. The van der Waals surface area contributed by atoms with Crippen LogP contribution in [0.1, 0.15) is 30.9 Å². The van der Waals surface area contributed by atoms with Crippen LogP contribution in [0.25, 0.3) is 0 Å². The Morgan fingerprint density at radius 3 is 1.93 bits per heavy atom. The Bertz CT molecular complexity index is 1570. The molecule has 1 atom stereocenters. The van der Waals surface area contributed by atoms with E-state index in [1.54, 1.807) is 30.3 Å². The van der Waals surface area contributed by atoms with Crippen molar-refractivity contribution in [3.05, 3.63) is 131 Å². The molecule has 0 radical (unpaired) electrons. The summed E-state index contributed by atoms with van der Waals surface area (Å²) in [5.74, 6) is -0.787. The SMILES string of the molecule is CCCCNC(=O)C(Cc1ccccc1)N(Cc1ccccc1)C(=O)CN(c1ccccc1)S(=O)(=O)c1ccc(Cl)cc1. The third-order valence-electron chi connectivity index (χ3n) is 7.02. The minimum atomic E-state index is -4.17. The number of halogens is 1. The van der Waals surface area contributed by atoms with Crippen molar-refractivity contribution >= 4 is 39.1 Å². The van der Waals surface area contributed by atoms with Gasteiger partial charge >= 0.3 is 0 Å². The van der Waals surface area contributed by atoms with E-state index in [2.05, 4.69) is 5.32 Å². The summed E-state index contributed by atoms with van der Waals surface area (Å²) in [5, 5.41) is 3.39. The molecule has 0 saturated carbocycles. The first-order chi connectivity index (χ1) is 20.8. The first-order valence-corrected chi connectivity index (χ1v) is 16.1. The Morgan fingerprint density at radius 1 is 0.791 bits per heavy atom. The summed E-state index contributed by atoms with van der Waals surface area (Å²) in [6.45, 7) is 2.14. The van der Waals surface area contributed by atoms with E-state index in [0.29, 0.717) is 17.3 Å². The highest BCUT2D eigenvalue weighted by Crippen LogP contribution is 2.26. The maximum Gasteiger partial charge on any atom is 0.264 e. The monoisotopic (exact) mass is 617 g/mol. The number of amides is 2. The Kier molecular flexibility index (Phi) is 11.4. The molecule has 224 valence electrons. The number of hydrogen-bond acceptors (Lipinski definition) is 4. The third kappa shape index (κ3) is 8.69. The quantitative estimate of drug-likeness (QED) is 0.174. The van der Waals surface area contributed by atoms with E-state index in [-0.39, 0.29) is 23.8 Å². The molecular formula is C34H36ClN3O4S. The molecule has 4 aromatic rings. The van der Waals surface area contributed by atoms with Crippen LogP contribution in [0.3, 0.4) is 0 Å². The maximum absolute atomic E-state index is 14.3. The van der Waals surface area contributed by atoms with E-state index < -0.39 is 28.5 Å². The molecule has 7 nitrogen and oxygen atoms in total. The molecule has 43 heavy (non-hydrogen) atoms. The molecule has 0 aliphatic carbocycles. The van der Waals surface area contributed by atoms with Gasteiger partial charge < -0.3 is 10.2 Å². The van der Waals surface area contributed by atoms with Crippen LogP contribution in [-0.2, 0) is 32.6 Å². The van der Waals surface area contributed by atoms with Crippen LogP contribution in [0.5, 0.6) is 0 Å². The molecule has 1 unspecified atom stereocenters. The van der Waals surface area contributed by atoms with Crippen molar-refractivity contribution in [2.24, 2.45) is 0 Å². The number of rotatable bonds is 14. The zero-order valence-electron chi connectivity index (χ0n) is 24.1. The lowest BCUT2D eigenvalue weighted by Crippen LogP contribution is -2.53. The van der Waals surface area contributed by atoms with Gasteiger partial charge in [0, 0.05) is 24.5 Å². The number of hydrogen-bond donors (Lipinski definition) is 1. The number of sulfonamides is 1. The van der Waals surface area contributed by atoms with Crippen LogP contribution in [0, 0.1) is 0 Å². The summed E-state index contributed by atoms with van der Waals surface area (Å²) in [4.78, 5) is 29.6. The largest absolute Gasteiger partial charge is 0.354 e. The zero-order chi connectivity index (χ0) is 30.7.